The molecule has 114 valence electrons. The molecule has 1 aromatic heterocycles. The molecule has 0 aliphatic carbocycles. The molecule has 2 unspecified atom stereocenters. The maximum atomic E-state index is 5.38. The van der Waals surface area contributed by atoms with E-state index in [1.165, 1.54) is 24.0 Å². The van der Waals surface area contributed by atoms with Crippen molar-refractivity contribution in [1.82, 2.24) is 5.32 Å². The van der Waals surface area contributed by atoms with E-state index in [2.05, 4.69) is 50.4 Å². The van der Waals surface area contributed by atoms with Crippen molar-refractivity contribution in [2.75, 3.05) is 0 Å². The van der Waals surface area contributed by atoms with E-state index in [4.69, 9.17) is 4.42 Å². The van der Waals surface area contributed by atoms with Crippen LogP contribution in [0.3, 0.4) is 0 Å². The van der Waals surface area contributed by atoms with Crippen molar-refractivity contribution in [3.63, 3.8) is 0 Å². The van der Waals surface area contributed by atoms with Gasteiger partial charge >= 0.3 is 0 Å². The van der Waals surface area contributed by atoms with Crippen LogP contribution in [0, 0.1) is 0 Å². The standard InChI is InChI=1S/C19H27NO/c1-4-6-17-9-11-18(12-10-17)16(3)20-15(2)8-13-19-7-5-14-21-19/h5,7,9-12,14-16,20H,4,6,8,13H2,1-3H3. The highest BCUT2D eigenvalue weighted by Gasteiger charge is 2.10. The molecule has 0 amide bonds. The zero-order chi connectivity index (χ0) is 15.1. The normalized spacial score (nSPS) is 14.0. The minimum absolute atomic E-state index is 0.382. The van der Waals surface area contributed by atoms with Crippen molar-refractivity contribution in [2.24, 2.45) is 0 Å². The van der Waals surface area contributed by atoms with E-state index < -0.39 is 0 Å². The van der Waals surface area contributed by atoms with Gasteiger partial charge in [0.1, 0.15) is 5.76 Å². The van der Waals surface area contributed by atoms with Crippen LogP contribution in [-0.2, 0) is 12.8 Å². The van der Waals surface area contributed by atoms with Crippen LogP contribution in [-0.4, -0.2) is 6.04 Å². The van der Waals surface area contributed by atoms with E-state index in [1.54, 1.807) is 6.26 Å². The number of benzene rings is 1. The average molecular weight is 285 g/mol. The van der Waals surface area contributed by atoms with Crippen LogP contribution in [0.2, 0.25) is 0 Å². The van der Waals surface area contributed by atoms with Gasteiger partial charge in [-0.25, -0.2) is 0 Å². The predicted octanol–water partition coefficient (Wildman–Crippen LogP) is 4.90. The van der Waals surface area contributed by atoms with Gasteiger partial charge in [0.15, 0.2) is 0 Å². The molecule has 0 radical (unpaired) electrons. The molecule has 1 heterocycles. The topological polar surface area (TPSA) is 25.2 Å². The Hall–Kier alpha value is -1.54. The zero-order valence-corrected chi connectivity index (χ0v) is 13.4. The lowest BCUT2D eigenvalue weighted by atomic mass is 10.0. The fourth-order valence-corrected chi connectivity index (χ4v) is 2.68. The summed E-state index contributed by atoms with van der Waals surface area (Å²) in [5, 5.41) is 3.67. The van der Waals surface area contributed by atoms with Crippen LogP contribution in [0.1, 0.15) is 56.5 Å². The van der Waals surface area contributed by atoms with Crippen molar-refractivity contribution < 1.29 is 4.42 Å². The van der Waals surface area contributed by atoms with Gasteiger partial charge in [-0.05, 0) is 49.9 Å². The third kappa shape index (κ3) is 5.05. The summed E-state index contributed by atoms with van der Waals surface area (Å²) in [7, 11) is 0. The summed E-state index contributed by atoms with van der Waals surface area (Å²) < 4.78 is 5.38. The zero-order valence-electron chi connectivity index (χ0n) is 13.4. The summed E-state index contributed by atoms with van der Waals surface area (Å²) in [5.74, 6) is 1.07. The molecule has 0 aliphatic rings. The fraction of sp³-hybridized carbons (Fsp3) is 0.474. The molecule has 0 spiro atoms. The highest BCUT2D eigenvalue weighted by molar-refractivity contribution is 5.24. The highest BCUT2D eigenvalue weighted by Crippen LogP contribution is 2.16. The number of hydrogen-bond acceptors (Lipinski definition) is 2. The number of furan rings is 1. The van der Waals surface area contributed by atoms with E-state index in [-0.39, 0.29) is 0 Å². The van der Waals surface area contributed by atoms with Gasteiger partial charge in [0.25, 0.3) is 0 Å². The largest absolute Gasteiger partial charge is 0.469 e. The lowest BCUT2D eigenvalue weighted by Crippen LogP contribution is -2.29. The SMILES string of the molecule is CCCc1ccc(C(C)NC(C)CCc2ccco2)cc1. The van der Waals surface area contributed by atoms with Crippen LogP contribution in [0.15, 0.2) is 47.1 Å². The van der Waals surface area contributed by atoms with E-state index in [0.717, 1.165) is 18.6 Å². The maximum absolute atomic E-state index is 5.38. The molecule has 21 heavy (non-hydrogen) atoms. The number of aryl methyl sites for hydroxylation is 2. The van der Waals surface area contributed by atoms with Crippen LogP contribution in [0.5, 0.6) is 0 Å². The van der Waals surface area contributed by atoms with Crippen LogP contribution >= 0.6 is 0 Å². The molecule has 2 rings (SSSR count). The Kier molecular flexibility index (Phi) is 6.06. The second kappa shape index (κ2) is 8.04. The van der Waals surface area contributed by atoms with E-state index in [9.17, 15) is 0 Å². The number of hydrogen-bond donors (Lipinski definition) is 1. The molecule has 2 heteroatoms. The van der Waals surface area contributed by atoms with Gasteiger partial charge < -0.3 is 9.73 Å². The Balaban J connectivity index is 1.80. The molecule has 2 aromatic rings. The average Bonchev–Trinajstić information content (AvgIpc) is 2.99. The van der Waals surface area contributed by atoms with Crippen molar-refractivity contribution >= 4 is 0 Å². The monoisotopic (exact) mass is 285 g/mol. The second-order valence-corrected chi connectivity index (χ2v) is 5.90. The van der Waals surface area contributed by atoms with Crippen LogP contribution in [0.25, 0.3) is 0 Å². The minimum Gasteiger partial charge on any atom is -0.469 e. The molecule has 2 atom stereocenters. The summed E-state index contributed by atoms with van der Waals surface area (Å²) in [4.78, 5) is 0. The lowest BCUT2D eigenvalue weighted by Gasteiger charge is -2.20. The first-order valence-electron chi connectivity index (χ1n) is 8.06. The van der Waals surface area contributed by atoms with E-state index >= 15 is 0 Å². The Morgan fingerprint density at radius 1 is 1.05 bits per heavy atom. The summed E-state index contributed by atoms with van der Waals surface area (Å²) >= 11 is 0. The Bertz CT molecular complexity index is 501. The molecular formula is C19H27NO. The van der Waals surface area contributed by atoms with Crippen molar-refractivity contribution in [1.29, 1.82) is 0 Å². The smallest absolute Gasteiger partial charge is 0.103 e. The van der Waals surface area contributed by atoms with E-state index in [1.807, 2.05) is 12.1 Å². The number of nitrogens with one attached hydrogen (secondary N) is 1. The Labute approximate surface area is 128 Å². The Morgan fingerprint density at radius 3 is 2.43 bits per heavy atom. The molecule has 1 aromatic carbocycles. The lowest BCUT2D eigenvalue weighted by molar-refractivity contribution is 0.430. The fourth-order valence-electron chi connectivity index (χ4n) is 2.68. The van der Waals surface area contributed by atoms with E-state index in [0.29, 0.717) is 12.1 Å². The molecule has 0 saturated carbocycles. The summed E-state index contributed by atoms with van der Waals surface area (Å²) in [6.07, 6.45) is 6.20. The third-order valence-corrected chi connectivity index (χ3v) is 3.96. The first-order valence-corrected chi connectivity index (χ1v) is 8.06. The summed E-state index contributed by atoms with van der Waals surface area (Å²) in [5.41, 5.74) is 2.79. The second-order valence-electron chi connectivity index (χ2n) is 5.90. The van der Waals surface area contributed by atoms with Crippen LogP contribution < -0.4 is 5.32 Å². The first-order chi connectivity index (χ1) is 10.2. The van der Waals surface area contributed by atoms with Crippen molar-refractivity contribution in [3.8, 4) is 0 Å². The van der Waals surface area contributed by atoms with Crippen molar-refractivity contribution in [2.45, 2.75) is 58.5 Å². The minimum atomic E-state index is 0.382. The predicted molar refractivity (Wildman–Crippen MR) is 88.5 cm³/mol. The van der Waals surface area contributed by atoms with Gasteiger partial charge in [-0.15, -0.1) is 0 Å². The van der Waals surface area contributed by atoms with Gasteiger partial charge in [0.2, 0.25) is 0 Å². The Morgan fingerprint density at radius 2 is 1.81 bits per heavy atom. The van der Waals surface area contributed by atoms with Gasteiger partial charge in [-0.3, -0.25) is 0 Å². The van der Waals surface area contributed by atoms with Gasteiger partial charge in [-0.1, -0.05) is 37.6 Å². The molecular weight excluding hydrogens is 258 g/mol. The van der Waals surface area contributed by atoms with Crippen LogP contribution in [0.4, 0.5) is 0 Å². The maximum Gasteiger partial charge on any atom is 0.103 e. The molecule has 0 aliphatic heterocycles. The van der Waals surface area contributed by atoms with Gasteiger partial charge in [0, 0.05) is 18.5 Å². The van der Waals surface area contributed by atoms with Crippen molar-refractivity contribution in [3.05, 3.63) is 59.5 Å². The quantitative estimate of drug-likeness (QED) is 0.746. The molecule has 0 bridgehead atoms. The molecule has 1 N–H and O–H groups in total. The van der Waals surface area contributed by atoms with Gasteiger partial charge in [0.05, 0.1) is 6.26 Å². The van der Waals surface area contributed by atoms with Gasteiger partial charge in [-0.2, -0.15) is 0 Å². The molecule has 0 fully saturated rings. The summed E-state index contributed by atoms with van der Waals surface area (Å²) in [6, 6.07) is 13.9. The first kappa shape index (κ1) is 15.8. The molecule has 2 nitrogen and oxygen atoms in total. The highest BCUT2D eigenvalue weighted by atomic mass is 16.3. The number of rotatable bonds is 8. The molecule has 0 saturated heterocycles. The third-order valence-electron chi connectivity index (χ3n) is 3.96. The summed E-state index contributed by atoms with van der Waals surface area (Å²) in [6.45, 7) is 6.70.